The van der Waals surface area contributed by atoms with Crippen molar-refractivity contribution in [3.05, 3.63) is 41.7 Å². The van der Waals surface area contributed by atoms with Crippen LogP contribution in [0.1, 0.15) is 17.3 Å². The van der Waals surface area contributed by atoms with Crippen LogP contribution in [0.5, 0.6) is 11.5 Å². The molecule has 2 aliphatic rings. The van der Waals surface area contributed by atoms with Crippen LogP contribution in [-0.2, 0) is 17.8 Å². The fraction of sp³-hybridized carbons (Fsp3) is 0.444. The molecule has 0 saturated heterocycles. The van der Waals surface area contributed by atoms with Gasteiger partial charge >= 0.3 is 0 Å². The summed E-state index contributed by atoms with van der Waals surface area (Å²) in [5.41, 5.74) is 2.02. The van der Waals surface area contributed by atoms with E-state index in [0.29, 0.717) is 25.3 Å². The van der Waals surface area contributed by atoms with Crippen molar-refractivity contribution in [2.75, 3.05) is 34.0 Å². The maximum atomic E-state index is 12.8. The van der Waals surface area contributed by atoms with Crippen molar-refractivity contribution in [1.82, 2.24) is 19.6 Å². The van der Waals surface area contributed by atoms with Gasteiger partial charge in [0, 0.05) is 19.3 Å². The van der Waals surface area contributed by atoms with Crippen LogP contribution < -0.4 is 9.47 Å². The molecule has 25 heavy (non-hydrogen) atoms. The van der Waals surface area contributed by atoms with E-state index >= 15 is 0 Å². The van der Waals surface area contributed by atoms with Crippen molar-refractivity contribution < 1.29 is 14.3 Å². The van der Waals surface area contributed by atoms with E-state index in [9.17, 15) is 4.79 Å². The molecule has 1 aromatic heterocycles. The maximum absolute atomic E-state index is 12.8. The van der Waals surface area contributed by atoms with E-state index in [1.165, 1.54) is 0 Å². The number of hydrogen-bond acceptors (Lipinski definition) is 5. The van der Waals surface area contributed by atoms with Crippen LogP contribution in [0.15, 0.2) is 30.5 Å². The van der Waals surface area contributed by atoms with Gasteiger partial charge in [-0.25, -0.2) is 0 Å². The van der Waals surface area contributed by atoms with Gasteiger partial charge in [-0.05, 0) is 37.9 Å². The first-order valence-electron chi connectivity index (χ1n) is 8.43. The molecule has 3 heterocycles. The third-order valence-corrected chi connectivity index (χ3v) is 4.60. The fourth-order valence-electron chi connectivity index (χ4n) is 3.47. The van der Waals surface area contributed by atoms with E-state index in [0.717, 1.165) is 23.6 Å². The lowest BCUT2D eigenvalue weighted by molar-refractivity contribution is -0.132. The number of fused-ring (bicyclic) bond motifs is 2. The highest BCUT2D eigenvalue weighted by Crippen LogP contribution is 2.33. The number of nitrogens with zero attached hydrogens (tertiary/aromatic N) is 4. The Labute approximate surface area is 146 Å². The predicted molar refractivity (Wildman–Crippen MR) is 91.5 cm³/mol. The number of amides is 1. The Morgan fingerprint density at radius 3 is 2.96 bits per heavy atom. The lowest BCUT2D eigenvalue weighted by Gasteiger charge is -2.35. The molecule has 0 N–H and O–H groups in total. The molecule has 7 nitrogen and oxygen atoms in total. The van der Waals surface area contributed by atoms with Gasteiger partial charge in [-0.1, -0.05) is 6.07 Å². The second-order valence-electron chi connectivity index (χ2n) is 6.82. The Hall–Kier alpha value is -2.54. The van der Waals surface area contributed by atoms with E-state index in [-0.39, 0.29) is 18.7 Å². The van der Waals surface area contributed by atoms with Crippen molar-refractivity contribution in [1.29, 1.82) is 0 Å². The van der Waals surface area contributed by atoms with Gasteiger partial charge in [-0.2, -0.15) is 5.10 Å². The molecule has 0 fully saturated rings. The van der Waals surface area contributed by atoms with Crippen LogP contribution in [0, 0.1) is 0 Å². The number of ether oxygens (including phenoxy) is 2. The van der Waals surface area contributed by atoms with Gasteiger partial charge in [0.25, 0.3) is 0 Å². The van der Waals surface area contributed by atoms with Crippen LogP contribution in [0.4, 0.5) is 0 Å². The Kier molecular flexibility index (Phi) is 4.09. The highest BCUT2D eigenvalue weighted by atomic mass is 16.7. The monoisotopic (exact) mass is 342 g/mol. The van der Waals surface area contributed by atoms with Gasteiger partial charge in [0.1, 0.15) is 0 Å². The van der Waals surface area contributed by atoms with Gasteiger partial charge < -0.3 is 19.3 Å². The smallest absolute Gasteiger partial charge is 0.231 e. The van der Waals surface area contributed by atoms with Crippen LogP contribution in [0.25, 0.3) is 0 Å². The minimum atomic E-state index is 0.120. The lowest BCUT2D eigenvalue weighted by atomic mass is 10.1. The molecule has 0 unspecified atom stereocenters. The molecular formula is C18H22N4O3. The summed E-state index contributed by atoms with van der Waals surface area (Å²) in [5, 5.41) is 4.43. The summed E-state index contributed by atoms with van der Waals surface area (Å²) < 4.78 is 12.8. The first-order valence-corrected chi connectivity index (χ1v) is 8.43. The van der Waals surface area contributed by atoms with Crippen molar-refractivity contribution in [2.24, 2.45) is 0 Å². The number of likely N-dealkylation sites (N-methyl/N-ethyl adjacent to an activating group) is 1. The summed E-state index contributed by atoms with van der Waals surface area (Å²) in [4.78, 5) is 16.9. The second-order valence-corrected chi connectivity index (χ2v) is 6.82. The topological polar surface area (TPSA) is 59.8 Å². The van der Waals surface area contributed by atoms with Crippen molar-refractivity contribution in [2.45, 2.75) is 19.0 Å². The van der Waals surface area contributed by atoms with Crippen LogP contribution in [0.2, 0.25) is 0 Å². The van der Waals surface area contributed by atoms with Crippen LogP contribution >= 0.6 is 0 Å². The average Bonchev–Trinajstić information content (AvgIpc) is 3.22. The first kappa shape index (κ1) is 16.0. The largest absolute Gasteiger partial charge is 0.454 e. The number of carbonyl (C=O) groups is 1. The molecular weight excluding hydrogens is 320 g/mol. The van der Waals surface area contributed by atoms with Gasteiger partial charge in [-0.15, -0.1) is 0 Å². The minimum Gasteiger partial charge on any atom is -0.454 e. The zero-order valence-corrected chi connectivity index (χ0v) is 14.5. The molecule has 0 spiro atoms. The Morgan fingerprint density at radius 2 is 2.12 bits per heavy atom. The SMILES string of the molecule is CN(C)C[C@H]1CN(C(=O)Cc2ccc3c(c2)OCO3)Cc2ccnn21. The molecule has 0 aliphatic carbocycles. The van der Waals surface area contributed by atoms with Crippen LogP contribution in [-0.4, -0.2) is 59.5 Å². The molecule has 1 amide bonds. The fourth-order valence-corrected chi connectivity index (χ4v) is 3.47. The van der Waals surface area contributed by atoms with Crippen LogP contribution in [0.3, 0.4) is 0 Å². The normalized spacial score (nSPS) is 18.5. The number of carbonyl (C=O) groups excluding carboxylic acids is 1. The molecule has 0 bridgehead atoms. The van der Waals surface area contributed by atoms with Gasteiger partial charge in [0.05, 0.1) is 24.7 Å². The zero-order valence-electron chi connectivity index (χ0n) is 14.5. The third kappa shape index (κ3) is 3.19. The Balaban J connectivity index is 1.49. The summed E-state index contributed by atoms with van der Waals surface area (Å²) in [6.45, 7) is 2.38. The molecule has 1 atom stereocenters. The Morgan fingerprint density at radius 1 is 1.28 bits per heavy atom. The summed E-state index contributed by atoms with van der Waals surface area (Å²) in [6, 6.07) is 7.85. The number of benzene rings is 1. The van der Waals surface area contributed by atoms with E-state index in [4.69, 9.17) is 9.47 Å². The minimum absolute atomic E-state index is 0.120. The summed E-state index contributed by atoms with van der Waals surface area (Å²) in [5.74, 6) is 1.58. The second kappa shape index (κ2) is 6.40. The number of hydrogen-bond donors (Lipinski definition) is 0. The Bertz CT molecular complexity index is 786. The summed E-state index contributed by atoms with van der Waals surface area (Å²) in [6.07, 6.45) is 2.17. The molecule has 4 rings (SSSR count). The van der Waals surface area contributed by atoms with Crippen molar-refractivity contribution >= 4 is 5.91 Å². The van der Waals surface area contributed by atoms with E-state index < -0.39 is 0 Å². The van der Waals surface area contributed by atoms with Crippen molar-refractivity contribution in [3.63, 3.8) is 0 Å². The van der Waals surface area contributed by atoms with Gasteiger partial charge in [0.15, 0.2) is 11.5 Å². The molecule has 2 aromatic rings. The number of rotatable bonds is 4. The molecule has 1 aromatic carbocycles. The molecule has 0 saturated carbocycles. The lowest BCUT2D eigenvalue weighted by Crippen LogP contribution is -2.44. The highest BCUT2D eigenvalue weighted by Gasteiger charge is 2.29. The molecule has 7 heteroatoms. The van der Waals surface area contributed by atoms with E-state index in [2.05, 4.69) is 10.00 Å². The average molecular weight is 342 g/mol. The zero-order chi connectivity index (χ0) is 17.4. The quantitative estimate of drug-likeness (QED) is 0.838. The maximum Gasteiger partial charge on any atom is 0.231 e. The molecule has 2 aliphatic heterocycles. The first-order chi connectivity index (χ1) is 12.1. The summed E-state index contributed by atoms with van der Waals surface area (Å²) in [7, 11) is 4.08. The summed E-state index contributed by atoms with van der Waals surface area (Å²) >= 11 is 0. The van der Waals surface area contributed by atoms with Gasteiger partial charge in [-0.3, -0.25) is 9.48 Å². The van der Waals surface area contributed by atoms with E-state index in [1.54, 1.807) is 0 Å². The van der Waals surface area contributed by atoms with Crippen molar-refractivity contribution in [3.8, 4) is 11.5 Å². The highest BCUT2D eigenvalue weighted by molar-refractivity contribution is 5.79. The predicted octanol–water partition coefficient (Wildman–Crippen LogP) is 1.30. The standard InChI is InChI=1S/C18H22N4O3/c1-20(2)9-15-11-21(10-14-5-6-19-22(14)15)18(23)8-13-3-4-16-17(7-13)25-12-24-16/h3-7,15H,8-12H2,1-2H3/t15-/m0/s1. The molecule has 0 radical (unpaired) electrons. The molecule has 132 valence electrons. The third-order valence-electron chi connectivity index (χ3n) is 4.60. The van der Waals surface area contributed by atoms with Gasteiger partial charge in [0.2, 0.25) is 12.7 Å². The van der Waals surface area contributed by atoms with E-state index in [1.807, 2.05) is 54.1 Å². The number of aromatic nitrogens is 2.